The van der Waals surface area contributed by atoms with Crippen LogP contribution in [-0.4, -0.2) is 31.7 Å². The highest BCUT2D eigenvalue weighted by atomic mass is 35.5. The van der Waals surface area contributed by atoms with Gasteiger partial charge in [-0.25, -0.2) is 0 Å². The molecule has 1 aliphatic rings. The molecule has 1 aliphatic carbocycles. The Hall–Kier alpha value is 0.210. The number of hydrogen-bond acceptors (Lipinski definition) is 2. The first-order valence-electron chi connectivity index (χ1n) is 4.75. The minimum Gasteiger partial charge on any atom is -0.380 e. The van der Waals surface area contributed by atoms with Gasteiger partial charge in [0.2, 0.25) is 0 Å². The number of hydrogen-bond donors (Lipinski definition) is 1. The fraction of sp³-hybridized carbons (Fsp3) is 1.00. The van der Waals surface area contributed by atoms with E-state index in [2.05, 4.69) is 5.32 Å². The number of halogens is 1. The Labute approximate surface area is 79.6 Å². The van der Waals surface area contributed by atoms with Crippen LogP contribution in [0.15, 0.2) is 0 Å². The van der Waals surface area contributed by atoms with Gasteiger partial charge in [-0.15, -0.1) is 11.6 Å². The van der Waals surface area contributed by atoms with Crippen molar-refractivity contribution in [2.45, 2.75) is 25.1 Å². The molecule has 3 heteroatoms. The van der Waals surface area contributed by atoms with E-state index >= 15 is 0 Å². The van der Waals surface area contributed by atoms with Crippen molar-refractivity contribution in [3.05, 3.63) is 0 Å². The van der Waals surface area contributed by atoms with Crippen LogP contribution in [0.25, 0.3) is 0 Å². The quantitative estimate of drug-likeness (QED) is 0.509. The minimum atomic E-state index is 0.448. The molecule has 0 aliphatic heterocycles. The lowest BCUT2D eigenvalue weighted by molar-refractivity contribution is 0.146. The molecule has 12 heavy (non-hydrogen) atoms. The Morgan fingerprint density at radius 1 is 1.50 bits per heavy atom. The van der Waals surface area contributed by atoms with Crippen molar-refractivity contribution in [3.63, 3.8) is 0 Å². The largest absolute Gasteiger partial charge is 0.380 e. The molecule has 2 nitrogen and oxygen atoms in total. The normalized spacial score (nSPS) is 28.5. The first kappa shape index (κ1) is 10.3. The lowest BCUT2D eigenvalue weighted by Gasteiger charge is -2.30. The lowest BCUT2D eigenvalue weighted by atomic mass is 9.85. The van der Waals surface area contributed by atoms with E-state index in [-0.39, 0.29) is 0 Å². The predicted molar refractivity (Wildman–Crippen MR) is 51.7 cm³/mol. The maximum atomic E-state index is 5.85. The molecule has 1 fully saturated rings. The Bertz CT molecular complexity index is 115. The summed E-state index contributed by atoms with van der Waals surface area (Å²) < 4.78 is 5.20. The summed E-state index contributed by atoms with van der Waals surface area (Å²) in [5.41, 5.74) is 0. The van der Waals surface area contributed by atoms with Crippen LogP contribution in [0, 0.1) is 5.92 Å². The van der Waals surface area contributed by atoms with Gasteiger partial charge in [0, 0.05) is 18.5 Å². The SMILES string of the molecule is CCOCCNCC1CC(Cl)C1. The summed E-state index contributed by atoms with van der Waals surface area (Å²) in [5.74, 6) is 0.814. The summed E-state index contributed by atoms with van der Waals surface area (Å²) in [5, 5.41) is 3.81. The van der Waals surface area contributed by atoms with Crippen LogP contribution >= 0.6 is 11.6 Å². The van der Waals surface area contributed by atoms with Crippen LogP contribution in [0.5, 0.6) is 0 Å². The Morgan fingerprint density at radius 3 is 2.83 bits per heavy atom. The molecule has 0 saturated heterocycles. The summed E-state index contributed by atoms with van der Waals surface area (Å²) in [4.78, 5) is 0. The zero-order valence-electron chi connectivity index (χ0n) is 7.68. The minimum absolute atomic E-state index is 0.448. The van der Waals surface area contributed by atoms with Crippen molar-refractivity contribution in [3.8, 4) is 0 Å². The van der Waals surface area contributed by atoms with Crippen LogP contribution in [0.2, 0.25) is 0 Å². The van der Waals surface area contributed by atoms with Crippen LogP contribution in [0.4, 0.5) is 0 Å². The van der Waals surface area contributed by atoms with Crippen LogP contribution in [0.3, 0.4) is 0 Å². The monoisotopic (exact) mass is 191 g/mol. The fourth-order valence-electron chi connectivity index (χ4n) is 1.42. The van der Waals surface area contributed by atoms with Gasteiger partial charge in [-0.1, -0.05) is 0 Å². The van der Waals surface area contributed by atoms with E-state index in [1.165, 1.54) is 12.8 Å². The van der Waals surface area contributed by atoms with Gasteiger partial charge in [0.25, 0.3) is 0 Å². The first-order valence-corrected chi connectivity index (χ1v) is 5.19. The van der Waals surface area contributed by atoms with E-state index in [0.29, 0.717) is 5.38 Å². The zero-order chi connectivity index (χ0) is 8.81. The van der Waals surface area contributed by atoms with Gasteiger partial charge in [-0.2, -0.15) is 0 Å². The van der Waals surface area contributed by atoms with E-state index in [0.717, 1.165) is 32.2 Å². The molecule has 0 aromatic carbocycles. The van der Waals surface area contributed by atoms with Crippen LogP contribution in [-0.2, 0) is 4.74 Å². The first-order chi connectivity index (χ1) is 5.83. The van der Waals surface area contributed by atoms with Gasteiger partial charge >= 0.3 is 0 Å². The summed E-state index contributed by atoms with van der Waals surface area (Å²) in [6.07, 6.45) is 2.37. The van der Waals surface area contributed by atoms with E-state index in [1.54, 1.807) is 0 Å². The summed E-state index contributed by atoms with van der Waals surface area (Å²) in [6, 6.07) is 0. The molecule has 1 rings (SSSR count). The molecular weight excluding hydrogens is 174 g/mol. The van der Waals surface area contributed by atoms with Gasteiger partial charge in [-0.05, 0) is 32.2 Å². The van der Waals surface area contributed by atoms with Crippen molar-refractivity contribution in [1.82, 2.24) is 5.32 Å². The standard InChI is InChI=1S/C9H18ClNO/c1-2-12-4-3-11-7-8-5-9(10)6-8/h8-9,11H,2-7H2,1H3. The third-order valence-corrected chi connectivity index (χ3v) is 2.59. The molecule has 0 bridgehead atoms. The smallest absolute Gasteiger partial charge is 0.0590 e. The molecule has 72 valence electrons. The average molecular weight is 192 g/mol. The van der Waals surface area contributed by atoms with Crippen molar-refractivity contribution >= 4 is 11.6 Å². The topological polar surface area (TPSA) is 21.3 Å². The van der Waals surface area contributed by atoms with Gasteiger partial charge in [-0.3, -0.25) is 0 Å². The number of alkyl halides is 1. The second-order valence-corrected chi connectivity index (χ2v) is 3.95. The Kier molecular flexibility index (Phi) is 4.96. The Balaban J connectivity index is 1.77. The molecular formula is C9H18ClNO. The maximum absolute atomic E-state index is 5.85. The molecule has 0 radical (unpaired) electrons. The zero-order valence-corrected chi connectivity index (χ0v) is 8.44. The molecule has 1 N–H and O–H groups in total. The van der Waals surface area contributed by atoms with Gasteiger partial charge in [0.15, 0.2) is 0 Å². The summed E-state index contributed by atoms with van der Waals surface area (Å²) in [7, 11) is 0. The lowest BCUT2D eigenvalue weighted by Crippen LogP contribution is -2.34. The predicted octanol–water partition coefficient (Wildman–Crippen LogP) is 1.63. The van der Waals surface area contributed by atoms with Gasteiger partial charge < -0.3 is 10.1 Å². The second kappa shape index (κ2) is 5.79. The maximum Gasteiger partial charge on any atom is 0.0590 e. The van der Waals surface area contributed by atoms with E-state index in [9.17, 15) is 0 Å². The fourth-order valence-corrected chi connectivity index (χ4v) is 1.92. The van der Waals surface area contributed by atoms with Crippen molar-refractivity contribution in [1.29, 1.82) is 0 Å². The third kappa shape index (κ3) is 3.74. The van der Waals surface area contributed by atoms with Gasteiger partial charge in [0.1, 0.15) is 0 Å². The van der Waals surface area contributed by atoms with Gasteiger partial charge in [0.05, 0.1) is 6.61 Å². The highest BCUT2D eigenvalue weighted by Crippen LogP contribution is 2.30. The summed E-state index contributed by atoms with van der Waals surface area (Å²) >= 11 is 5.85. The van der Waals surface area contributed by atoms with Crippen molar-refractivity contribution in [2.75, 3.05) is 26.3 Å². The second-order valence-electron chi connectivity index (χ2n) is 3.34. The van der Waals surface area contributed by atoms with E-state index < -0.39 is 0 Å². The molecule has 1 saturated carbocycles. The number of ether oxygens (including phenoxy) is 1. The molecule has 0 unspecified atom stereocenters. The Morgan fingerprint density at radius 2 is 2.25 bits per heavy atom. The van der Waals surface area contributed by atoms with Crippen molar-refractivity contribution < 1.29 is 4.74 Å². The number of rotatable bonds is 6. The molecule has 0 heterocycles. The average Bonchev–Trinajstić information content (AvgIpc) is 2.00. The molecule has 0 atom stereocenters. The van der Waals surface area contributed by atoms with E-state index in [4.69, 9.17) is 16.3 Å². The third-order valence-electron chi connectivity index (χ3n) is 2.24. The van der Waals surface area contributed by atoms with Crippen LogP contribution < -0.4 is 5.32 Å². The number of nitrogens with one attached hydrogen (secondary N) is 1. The highest BCUT2D eigenvalue weighted by Gasteiger charge is 2.26. The van der Waals surface area contributed by atoms with Crippen molar-refractivity contribution in [2.24, 2.45) is 5.92 Å². The molecule has 0 aromatic rings. The van der Waals surface area contributed by atoms with E-state index in [1.807, 2.05) is 6.92 Å². The highest BCUT2D eigenvalue weighted by molar-refractivity contribution is 6.21. The molecule has 0 amide bonds. The molecule has 0 aromatic heterocycles. The van der Waals surface area contributed by atoms with Crippen LogP contribution in [0.1, 0.15) is 19.8 Å². The molecule has 0 spiro atoms. The summed E-state index contributed by atoms with van der Waals surface area (Å²) in [6.45, 7) is 5.74.